The van der Waals surface area contributed by atoms with Gasteiger partial charge in [0.1, 0.15) is 5.76 Å². The molecule has 3 N–H and O–H groups in total. The number of fused-ring (bicyclic) bond motifs is 1. The van der Waals surface area contributed by atoms with Crippen LogP contribution in [0, 0.1) is 6.92 Å². The number of H-pyrrole nitrogens is 1. The topological polar surface area (TPSA) is 54.9 Å². The highest BCUT2D eigenvalue weighted by Gasteiger charge is 2.14. The standard InChI is InChI=1S/C15H16N2O/c1-10-12(6-7-18-10)14(16)8-11-9-17-15-5-3-2-4-13(11)15/h2-7,9,14,17H,8,16H2,1H3. The van der Waals surface area contributed by atoms with Gasteiger partial charge in [0.05, 0.1) is 6.26 Å². The van der Waals surface area contributed by atoms with E-state index in [-0.39, 0.29) is 6.04 Å². The maximum atomic E-state index is 6.25. The Bertz CT molecular complexity index is 666. The SMILES string of the molecule is Cc1occc1C(N)Cc1c[nH]c2ccccc12. The Hall–Kier alpha value is -2.00. The van der Waals surface area contributed by atoms with Gasteiger partial charge in [0.2, 0.25) is 0 Å². The van der Waals surface area contributed by atoms with Crippen molar-refractivity contribution < 1.29 is 4.42 Å². The second-order valence-electron chi connectivity index (χ2n) is 4.60. The maximum absolute atomic E-state index is 6.25. The minimum atomic E-state index is -0.0250. The van der Waals surface area contributed by atoms with Gasteiger partial charge in [0.15, 0.2) is 0 Å². The van der Waals surface area contributed by atoms with E-state index in [0.29, 0.717) is 0 Å². The summed E-state index contributed by atoms with van der Waals surface area (Å²) in [6.45, 7) is 1.95. The van der Waals surface area contributed by atoms with E-state index in [1.807, 2.05) is 31.3 Å². The van der Waals surface area contributed by atoms with Crippen molar-refractivity contribution in [2.75, 3.05) is 0 Å². The fraction of sp³-hybridized carbons (Fsp3) is 0.200. The maximum Gasteiger partial charge on any atom is 0.105 e. The molecule has 2 heterocycles. The van der Waals surface area contributed by atoms with Crippen LogP contribution in [0.4, 0.5) is 0 Å². The highest BCUT2D eigenvalue weighted by molar-refractivity contribution is 5.83. The molecule has 1 unspecified atom stereocenters. The summed E-state index contributed by atoms with van der Waals surface area (Å²) in [5.74, 6) is 0.905. The summed E-state index contributed by atoms with van der Waals surface area (Å²) in [5.41, 5.74) is 9.74. The van der Waals surface area contributed by atoms with E-state index in [4.69, 9.17) is 10.2 Å². The van der Waals surface area contributed by atoms with E-state index in [2.05, 4.69) is 17.1 Å². The number of aromatic amines is 1. The van der Waals surface area contributed by atoms with E-state index in [1.54, 1.807) is 6.26 Å². The van der Waals surface area contributed by atoms with E-state index >= 15 is 0 Å². The molecule has 3 aromatic rings. The Balaban J connectivity index is 1.91. The molecule has 3 nitrogen and oxygen atoms in total. The van der Waals surface area contributed by atoms with Gasteiger partial charge in [-0.25, -0.2) is 0 Å². The molecule has 1 atom stereocenters. The number of benzene rings is 1. The summed E-state index contributed by atoms with van der Waals surface area (Å²) < 4.78 is 5.30. The van der Waals surface area contributed by atoms with Crippen LogP contribution in [0.5, 0.6) is 0 Å². The van der Waals surface area contributed by atoms with Gasteiger partial charge in [0.25, 0.3) is 0 Å². The lowest BCUT2D eigenvalue weighted by Gasteiger charge is -2.09. The molecule has 0 bridgehead atoms. The number of furan rings is 1. The molecule has 0 aliphatic rings. The molecule has 0 radical (unpaired) electrons. The molecule has 0 spiro atoms. The van der Waals surface area contributed by atoms with Crippen LogP contribution in [0.15, 0.2) is 47.2 Å². The van der Waals surface area contributed by atoms with Crippen molar-refractivity contribution in [2.24, 2.45) is 5.73 Å². The van der Waals surface area contributed by atoms with Gasteiger partial charge in [-0.05, 0) is 31.0 Å². The Morgan fingerprint density at radius 2 is 2.11 bits per heavy atom. The second-order valence-corrected chi connectivity index (χ2v) is 4.60. The zero-order valence-corrected chi connectivity index (χ0v) is 10.3. The normalized spacial score (nSPS) is 13.0. The van der Waals surface area contributed by atoms with Crippen LogP contribution in [0.2, 0.25) is 0 Å². The van der Waals surface area contributed by atoms with Gasteiger partial charge >= 0.3 is 0 Å². The van der Waals surface area contributed by atoms with Gasteiger partial charge in [-0.2, -0.15) is 0 Å². The van der Waals surface area contributed by atoms with Gasteiger partial charge in [0, 0.05) is 28.7 Å². The molecular weight excluding hydrogens is 224 g/mol. The predicted octanol–water partition coefficient (Wildman–Crippen LogP) is 3.31. The number of hydrogen-bond acceptors (Lipinski definition) is 2. The number of aryl methyl sites for hydroxylation is 1. The van der Waals surface area contributed by atoms with Crippen LogP contribution in [-0.4, -0.2) is 4.98 Å². The number of rotatable bonds is 3. The third kappa shape index (κ3) is 1.83. The summed E-state index contributed by atoms with van der Waals surface area (Å²) in [4.78, 5) is 3.27. The van der Waals surface area contributed by atoms with Crippen molar-refractivity contribution in [3.8, 4) is 0 Å². The van der Waals surface area contributed by atoms with E-state index in [0.717, 1.165) is 23.3 Å². The lowest BCUT2D eigenvalue weighted by Crippen LogP contribution is -2.13. The first-order chi connectivity index (χ1) is 8.75. The van der Waals surface area contributed by atoms with Crippen molar-refractivity contribution >= 4 is 10.9 Å². The molecule has 2 aromatic heterocycles. The Morgan fingerprint density at radius 1 is 1.28 bits per heavy atom. The summed E-state index contributed by atoms with van der Waals surface area (Å²) in [7, 11) is 0. The Morgan fingerprint density at radius 3 is 2.89 bits per heavy atom. The minimum Gasteiger partial charge on any atom is -0.469 e. The van der Waals surface area contributed by atoms with Gasteiger partial charge in [-0.1, -0.05) is 18.2 Å². The summed E-state index contributed by atoms with van der Waals surface area (Å²) in [5, 5.41) is 1.24. The van der Waals surface area contributed by atoms with Crippen molar-refractivity contribution in [2.45, 2.75) is 19.4 Å². The minimum absolute atomic E-state index is 0.0250. The quantitative estimate of drug-likeness (QED) is 0.738. The molecular formula is C15H16N2O. The Labute approximate surface area is 106 Å². The second kappa shape index (κ2) is 4.35. The molecule has 3 heteroatoms. The van der Waals surface area contributed by atoms with E-state index in [9.17, 15) is 0 Å². The Kier molecular flexibility index (Phi) is 2.68. The average Bonchev–Trinajstić information content (AvgIpc) is 2.97. The fourth-order valence-electron chi connectivity index (χ4n) is 2.43. The third-order valence-electron chi connectivity index (χ3n) is 3.41. The molecule has 3 rings (SSSR count). The molecule has 0 amide bonds. The first kappa shape index (κ1) is 11.1. The van der Waals surface area contributed by atoms with Crippen molar-refractivity contribution in [3.05, 3.63) is 59.7 Å². The number of aromatic nitrogens is 1. The summed E-state index contributed by atoms with van der Waals surface area (Å²) in [6.07, 6.45) is 4.55. The lowest BCUT2D eigenvalue weighted by atomic mass is 10.00. The number of hydrogen-bond donors (Lipinski definition) is 2. The molecule has 18 heavy (non-hydrogen) atoms. The highest BCUT2D eigenvalue weighted by Crippen LogP contribution is 2.25. The van der Waals surface area contributed by atoms with Crippen LogP contribution >= 0.6 is 0 Å². The van der Waals surface area contributed by atoms with Crippen molar-refractivity contribution in [1.82, 2.24) is 4.98 Å². The smallest absolute Gasteiger partial charge is 0.105 e. The molecule has 92 valence electrons. The number of nitrogens with two attached hydrogens (primary N) is 1. The predicted molar refractivity (Wildman–Crippen MR) is 72.4 cm³/mol. The van der Waals surface area contributed by atoms with Crippen molar-refractivity contribution in [1.29, 1.82) is 0 Å². The summed E-state index contributed by atoms with van der Waals surface area (Å²) in [6, 6.07) is 10.2. The van der Waals surface area contributed by atoms with Gasteiger partial charge < -0.3 is 15.1 Å². The van der Waals surface area contributed by atoms with Crippen LogP contribution in [0.3, 0.4) is 0 Å². The average molecular weight is 240 g/mol. The molecule has 0 aliphatic heterocycles. The fourth-order valence-corrected chi connectivity index (χ4v) is 2.43. The van der Waals surface area contributed by atoms with Gasteiger partial charge in [-0.15, -0.1) is 0 Å². The zero-order chi connectivity index (χ0) is 12.5. The van der Waals surface area contributed by atoms with Crippen LogP contribution in [0.25, 0.3) is 10.9 Å². The lowest BCUT2D eigenvalue weighted by molar-refractivity contribution is 0.524. The van der Waals surface area contributed by atoms with Gasteiger partial charge in [-0.3, -0.25) is 0 Å². The number of nitrogens with one attached hydrogen (secondary N) is 1. The van der Waals surface area contributed by atoms with Crippen LogP contribution in [-0.2, 0) is 6.42 Å². The molecule has 1 aromatic carbocycles. The summed E-state index contributed by atoms with van der Waals surface area (Å²) >= 11 is 0. The first-order valence-corrected chi connectivity index (χ1v) is 6.10. The van der Waals surface area contributed by atoms with Crippen LogP contribution < -0.4 is 5.73 Å². The van der Waals surface area contributed by atoms with E-state index in [1.165, 1.54) is 10.9 Å². The monoisotopic (exact) mass is 240 g/mol. The molecule has 0 fully saturated rings. The van der Waals surface area contributed by atoms with E-state index < -0.39 is 0 Å². The van der Waals surface area contributed by atoms with Crippen LogP contribution in [0.1, 0.15) is 22.9 Å². The first-order valence-electron chi connectivity index (χ1n) is 6.10. The highest BCUT2D eigenvalue weighted by atomic mass is 16.3. The zero-order valence-electron chi connectivity index (χ0n) is 10.3. The number of para-hydroxylation sites is 1. The third-order valence-corrected chi connectivity index (χ3v) is 3.41. The van der Waals surface area contributed by atoms with Crippen molar-refractivity contribution in [3.63, 3.8) is 0 Å². The molecule has 0 saturated carbocycles. The largest absolute Gasteiger partial charge is 0.469 e. The molecule has 0 saturated heterocycles. The molecule has 0 aliphatic carbocycles.